The highest BCUT2D eigenvalue weighted by Crippen LogP contribution is 2.32. The van der Waals surface area contributed by atoms with Crippen LogP contribution in [0.5, 0.6) is 5.75 Å². The number of halogens is 1. The van der Waals surface area contributed by atoms with Crippen LogP contribution in [-0.4, -0.2) is 51.6 Å². The zero-order valence-corrected chi connectivity index (χ0v) is 19.5. The molecule has 4 heterocycles. The van der Waals surface area contributed by atoms with Gasteiger partial charge in [0.2, 0.25) is 0 Å². The molecule has 3 aromatic rings. The van der Waals surface area contributed by atoms with E-state index in [2.05, 4.69) is 11.4 Å². The molecular weight excluding hydrogens is 451 g/mol. The van der Waals surface area contributed by atoms with Gasteiger partial charge in [-0.2, -0.15) is 0 Å². The number of aromatic nitrogens is 2. The molecule has 1 aromatic carbocycles. The van der Waals surface area contributed by atoms with Gasteiger partial charge in [0.1, 0.15) is 11.5 Å². The molecule has 2 aliphatic rings. The van der Waals surface area contributed by atoms with Gasteiger partial charge in [0.25, 0.3) is 5.91 Å². The number of nitrogens with zero attached hydrogens (tertiary/aromatic N) is 3. The number of fused-ring (bicyclic) bond motifs is 2. The topological polar surface area (TPSA) is 96.7 Å². The molecule has 0 aliphatic carbocycles. The maximum absolute atomic E-state index is 14.4. The number of rotatable bonds is 7. The Morgan fingerprint density at radius 3 is 2.89 bits per heavy atom. The normalized spacial score (nSPS) is 15.7. The molecule has 0 radical (unpaired) electrons. The summed E-state index contributed by atoms with van der Waals surface area (Å²) in [5.74, 6) is -0.930. The average molecular weight is 479 g/mol. The van der Waals surface area contributed by atoms with Crippen LogP contribution in [0, 0.1) is 5.82 Å². The quantitative estimate of drug-likeness (QED) is 0.538. The van der Waals surface area contributed by atoms with E-state index in [1.54, 1.807) is 6.07 Å². The summed E-state index contributed by atoms with van der Waals surface area (Å²) in [6.07, 6.45) is 4.35. The Morgan fingerprint density at radius 2 is 2.11 bits per heavy atom. The van der Waals surface area contributed by atoms with Gasteiger partial charge in [-0.1, -0.05) is 12.1 Å². The fourth-order valence-electron chi connectivity index (χ4n) is 4.93. The van der Waals surface area contributed by atoms with Crippen LogP contribution in [0.4, 0.5) is 10.2 Å². The van der Waals surface area contributed by atoms with Crippen LogP contribution in [0.15, 0.2) is 42.6 Å². The molecule has 0 spiro atoms. The number of methoxy groups -OCH3 is 1. The number of carbonyl (C=O) groups is 2. The number of hydrogen-bond donors (Lipinski definition) is 2. The van der Waals surface area contributed by atoms with Gasteiger partial charge in [0, 0.05) is 37.9 Å². The van der Waals surface area contributed by atoms with Crippen molar-refractivity contribution >= 4 is 17.7 Å². The molecule has 1 unspecified atom stereocenters. The number of hydrogen-bond acceptors (Lipinski definition) is 5. The minimum absolute atomic E-state index is 0.0669. The van der Waals surface area contributed by atoms with E-state index in [0.29, 0.717) is 30.8 Å². The number of aryl methyl sites for hydroxylation is 1. The van der Waals surface area contributed by atoms with Crippen molar-refractivity contribution in [2.75, 3.05) is 25.5 Å². The second kappa shape index (κ2) is 9.40. The molecule has 35 heavy (non-hydrogen) atoms. The van der Waals surface area contributed by atoms with Crippen LogP contribution in [-0.2, 0) is 24.2 Å². The van der Waals surface area contributed by atoms with Gasteiger partial charge in [0.05, 0.1) is 19.6 Å². The third-order valence-electron chi connectivity index (χ3n) is 6.66. The maximum atomic E-state index is 14.4. The number of ether oxygens (including phenoxy) is 1. The first kappa shape index (κ1) is 22.9. The molecule has 2 aromatic heterocycles. The van der Waals surface area contributed by atoms with Crippen LogP contribution in [0.2, 0.25) is 0 Å². The first-order valence-corrected chi connectivity index (χ1v) is 11.7. The lowest BCUT2D eigenvalue weighted by Gasteiger charge is -2.35. The fraction of sp³-hybridized carbons (Fsp3) is 0.346. The molecule has 2 aliphatic heterocycles. The highest BCUT2D eigenvalue weighted by atomic mass is 19.1. The third-order valence-corrected chi connectivity index (χ3v) is 6.66. The molecule has 1 amide bonds. The van der Waals surface area contributed by atoms with Crippen molar-refractivity contribution in [3.63, 3.8) is 0 Å². The number of benzene rings is 1. The maximum Gasteiger partial charge on any atom is 0.305 e. The van der Waals surface area contributed by atoms with E-state index in [9.17, 15) is 19.1 Å². The van der Waals surface area contributed by atoms with E-state index in [1.165, 1.54) is 29.7 Å². The van der Waals surface area contributed by atoms with Gasteiger partial charge in [0.15, 0.2) is 11.6 Å². The summed E-state index contributed by atoms with van der Waals surface area (Å²) >= 11 is 0. The molecule has 8 nitrogen and oxygen atoms in total. The standard InChI is InChI=1S/C26H27FN4O4/c1-35-23-7-5-18(13-20(23)27)21(14-24(32)33)31-10-9-30-15-16(12-22(30)26(31)34)11-19-6-4-17-3-2-8-28-25(17)29-19/h4-7,12-13,15,21H,2-3,8-11,14H2,1H3,(H,28,29)(H,32,33). The Balaban J connectivity index is 1.39. The predicted octanol–water partition coefficient (Wildman–Crippen LogP) is 3.65. The van der Waals surface area contributed by atoms with Crippen molar-refractivity contribution in [3.8, 4) is 5.75 Å². The Morgan fingerprint density at radius 1 is 1.26 bits per heavy atom. The average Bonchev–Trinajstić information content (AvgIpc) is 3.26. The molecule has 1 atom stereocenters. The predicted molar refractivity (Wildman–Crippen MR) is 127 cm³/mol. The van der Waals surface area contributed by atoms with Crippen LogP contribution in [0.1, 0.15) is 51.8 Å². The molecule has 2 N–H and O–H groups in total. The number of nitrogens with one attached hydrogen (secondary N) is 1. The first-order chi connectivity index (χ1) is 16.9. The summed E-state index contributed by atoms with van der Waals surface area (Å²) in [5, 5.41) is 12.9. The van der Waals surface area contributed by atoms with E-state index >= 15 is 0 Å². The number of amides is 1. The molecule has 0 fully saturated rings. The summed E-state index contributed by atoms with van der Waals surface area (Å²) < 4.78 is 21.2. The van der Waals surface area contributed by atoms with Gasteiger partial charge in [-0.25, -0.2) is 9.37 Å². The Kier molecular flexibility index (Phi) is 6.15. The number of carboxylic acids is 1. The lowest BCUT2D eigenvalue weighted by molar-refractivity contribution is -0.138. The molecule has 0 saturated heterocycles. The molecule has 0 bridgehead atoms. The monoisotopic (exact) mass is 478 g/mol. The Hall–Kier alpha value is -3.88. The van der Waals surface area contributed by atoms with E-state index in [4.69, 9.17) is 9.72 Å². The number of pyridine rings is 1. The summed E-state index contributed by atoms with van der Waals surface area (Å²) in [5.41, 5.74) is 4.02. The molecular formula is C26H27FN4O4. The molecule has 0 saturated carbocycles. The number of carboxylic acid groups (broad SMARTS) is 1. The number of aliphatic carboxylic acids is 1. The van der Waals surface area contributed by atoms with Crippen molar-refractivity contribution in [1.29, 1.82) is 0 Å². The van der Waals surface area contributed by atoms with E-state index in [-0.39, 0.29) is 18.1 Å². The van der Waals surface area contributed by atoms with Gasteiger partial charge < -0.3 is 24.6 Å². The highest BCUT2D eigenvalue weighted by molar-refractivity contribution is 5.94. The first-order valence-electron chi connectivity index (χ1n) is 11.7. The van der Waals surface area contributed by atoms with Gasteiger partial charge in [-0.3, -0.25) is 9.59 Å². The van der Waals surface area contributed by atoms with Crippen molar-refractivity contribution in [1.82, 2.24) is 14.5 Å². The molecule has 5 rings (SSSR count). The van der Waals surface area contributed by atoms with Crippen molar-refractivity contribution in [2.24, 2.45) is 0 Å². The van der Waals surface area contributed by atoms with E-state index in [0.717, 1.165) is 36.5 Å². The van der Waals surface area contributed by atoms with Gasteiger partial charge in [-0.05, 0) is 53.8 Å². The lowest BCUT2D eigenvalue weighted by atomic mass is 10.00. The van der Waals surface area contributed by atoms with Crippen molar-refractivity contribution in [3.05, 3.63) is 76.5 Å². The summed E-state index contributed by atoms with van der Waals surface area (Å²) in [4.78, 5) is 31.3. The second-order valence-corrected chi connectivity index (χ2v) is 8.95. The number of carbonyl (C=O) groups excluding carboxylic acids is 1. The zero-order valence-electron chi connectivity index (χ0n) is 19.5. The molecule has 182 valence electrons. The van der Waals surface area contributed by atoms with Crippen molar-refractivity contribution < 1.29 is 23.8 Å². The fourth-order valence-corrected chi connectivity index (χ4v) is 4.93. The summed E-state index contributed by atoms with van der Waals surface area (Å²) in [7, 11) is 1.36. The van der Waals surface area contributed by atoms with Crippen LogP contribution in [0.3, 0.4) is 0 Å². The SMILES string of the molecule is COc1ccc(C(CC(=O)O)N2CCn3cc(Cc4ccc5c(n4)NCCC5)cc3C2=O)cc1F. The third kappa shape index (κ3) is 4.58. The Labute approximate surface area is 202 Å². The smallest absolute Gasteiger partial charge is 0.305 e. The zero-order chi connectivity index (χ0) is 24.5. The minimum atomic E-state index is -1.06. The minimum Gasteiger partial charge on any atom is -0.494 e. The number of anilines is 1. The van der Waals surface area contributed by atoms with Crippen LogP contribution < -0.4 is 10.1 Å². The van der Waals surface area contributed by atoms with Crippen LogP contribution >= 0.6 is 0 Å². The second-order valence-electron chi connectivity index (χ2n) is 8.95. The van der Waals surface area contributed by atoms with Gasteiger partial charge >= 0.3 is 5.97 Å². The molecule has 9 heteroatoms. The van der Waals surface area contributed by atoms with E-state index in [1.807, 2.05) is 22.9 Å². The summed E-state index contributed by atoms with van der Waals surface area (Å²) in [6.45, 7) is 1.77. The lowest BCUT2D eigenvalue weighted by Crippen LogP contribution is -2.43. The van der Waals surface area contributed by atoms with E-state index < -0.39 is 17.8 Å². The summed E-state index contributed by atoms with van der Waals surface area (Å²) in [6, 6.07) is 9.49. The van der Waals surface area contributed by atoms with Crippen LogP contribution in [0.25, 0.3) is 0 Å². The van der Waals surface area contributed by atoms with Crippen molar-refractivity contribution in [2.45, 2.75) is 38.3 Å². The van der Waals surface area contributed by atoms with Gasteiger partial charge in [-0.15, -0.1) is 0 Å². The highest BCUT2D eigenvalue weighted by Gasteiger charge is 2.33. The Bertz CT molecular complexity index is 1290. The largest absolute Gasteiger partial charge is 0.494 e.